The first kappa shape index (κ1) is 13.3. The quantitative estimate of drug-likeness (QED) is 0.408. The highest BCUT2D eigenvalue weighted by atomic mass is 32.2. The van der Waals surface area contributed by atoms with Gasteiger partial charge in [-0.25, -0.2) is 19.9 Å². The molecule has 0 bridgehead atoms. The molecule has 0 atom stereocenters. The number of hydrogen-bond donors (Lipinski definition) is 3. The minimum atomic E-state index is -0.257. The lowest BCUT2D eigenvalue weighted by Crippen LogP contribution is -2.17. The van der Waals surface area contributed by atoms with Crippen molar-refractivity contribution in [2.45, 2.75) is 30.2 Å². The van der Waals surface area contributed by atoms with E-state index in [0.29, 0.717) is 22.6 Å². The van der Waals surface area contributed by atoms with Crippen LogP contribution in [-0.2, 0) is 6.54 Å². The summed E-state index contributed by atoms with van der Waals surface area (Å²) >= 11 is 1.15. The zero-order valence-corrected chi connectivity index (χ0v) is 11.1. The summed E-state index contributed by atoms with van der Waals surface area (Å²) in [6.45, 7) is 2.55. The van der Waals surface area contributed by atoms with Crippen LogP contribution in [0.15, 0.2) is 27.4 Å². The molecular weight excluding hydrogens is 266 g/mol. The molecule has 4 N–H and O–H groups in total. The number of nitrogens with one attached hydrogen (secondary N) is 2. The van der Waals surface area contributed by atoms with Gasteiger partial charge in [0.05, 0.1) is 0 Å². The fourth-order valence-electron chi connectivity index (χ4n) is 1.42. The van der Waals surface area contributed by atoms with Gasteiger partial charge in [0.25, 0.3) is 0 Å². The van der Waals surface area contributed by atoms with E-state index in [9.17, 15) is 4.79 Å². The Kier molecular flexibility index (Phi) is 3.95. The third-order valence-electron chi connectivity index (χ3n) is 2.26. The molecule has 0 aliphatic carbocycles. The fourth-order valence-corrected chi connectivity index (χ4v) is 2.22. The summed E-state index contributed by atoms with van der Waals surface area (Å²) in [6, 6.07) is 1.55. The van der Waals surface area contributed by atoms with E-state index in [1.54, 1.807) is 6.07 Å². The lowest BCUT2D eigenvalue weighted by molar-refractivity contribution is 0.603. The molecule has 0 radical (unpaired) electrons. The average molecular weight is 279 g/mol. The van der Waals surface area contributed by atoms with Crippen LogP contribution in [0.1, 0.15) is 19.0 Å². The van der Waals surface area contributed by atoms with Crippen LogP contribution in [-0.4, -0.2) is 30.6 Å². The second kappa shape index (κ2) is 5.65. The Morgan fingerprint density at radius 1 is 1.63 bits per heavy atom. The Balaban J connectivity index is 2.28. The van der Waals surface area contributed by atoms with Gasteiger partial charge in [0.1, 0.15) is 11.5 Å². The molecule has 0 aliphatic rings. The monoisotopic (exact) mass is 279 g/mol. The molecule has 0 saturated carbocycles. The van der Waals surface area contributed by atoms with Crippen molar-refractivity contribution < 1.29 is 0 Å². The minimum absolute atomic E-state index is 0.128. The largest absolute Gasteiger partial charge is 0.382 e. The van der Waals surface area contributed by atoms with E-state index in [2.05, 4.69) is 20.2 Å². The Bertz CT molecular complexity index is 647. The van der Waals surface area contributed by atoms with E-state index in [-0.39, 0.29) is 11.5 Å². The summed E-state index contributed by atoms with van der Waals surface area (Å²) in [6.07, 6.45) is 2.34. The van der Waals surface area contributed by atoms with Gasteiger partial charge in [-0.3, -0.25) is 9.98 Å². The fraction of sp³-hybridized carbons (Fsp3) is 0.300. The van der Waals surface area contributed by atoms with E-state index in [1.807, 2.05) is 6.92 Å². The molecule has 2 aromatic rings. The summed E-state index contributed by atoms with van der Waals surface area (Å²) in [7, 11) is 0. The third kappa shape index (κ3) is 2.99. The van der Waals surface area contributed by atoms with Crippen LogP contribution < -0.4 is 11.4 Å². The van der Waals surface area contributed by atoms with Crippen LogP contribution in [0.5, 0.6) is 0 Å². The molecule has 8 nitrogen and oxygen atoms in total. The third-order valence-corrected chi connectivity index (χ3v) is 3.14. The summed E-state index contributed by atoms with van der Waals surface area (Å²) in [5.41, 5.74) is 5.45. The van der Waals surface area contributed by atoms with Gasteiger partial charge >= 0.3 is 5.69 Å². The van der Waals surface area contributed by atoms with Crippen LogP contribution >= 0.6 is 11.8 Å². The molecule has 0 aromatic carbocycles. The Morgan fingerprint density at radius 3 is 3.11 bits per heavy atom. The van der Waals surface area contributed by atoms with Crippen molar-refractivity contribution in [1.29, 1.82) is 5.41 Å². The zero-order valence-electron chi connectivity index (χ0n) is 10.3. The summed E-state index contributed by atoms with van der Waals surface area (Å²) in [4.78, 5) is 19.7. The number of H-pyrrole nitrogens is 1. The second-order valence-corrected chi connectivity index (χ2v) is 4.64. The molecule has 2 aromatic heterocycles. The van der Waals surface area contributed by atoms with Crippen LogP contribution in [0.3, 0.4) is 0 Å². The first-order valence-corrected chi connectivity index (χ1v) is 6.44. The topological polar surface area (TPSA) is 126 Å². The molecule has 0 spiro atoms. The van der Waals surface area contributed by atoms with Crippen molar-refractivity contribution >= 4 is 17.6 Å². The van der Waals surface area contributed by atoms with Gasteiger partial charge in [-0.15, -0.1) is 5.10 Å². The molecule has 2 rings (SSSR count). The Morgan fingerprint density at radius 2 is 2.42 bits per heavy atom. The number of rotatable bonds is 5. The number of nitrogens with zero attached hydrogens (tertiary/aromatic N) is 4. The van der Waals surface area contributed by atoms with Gasteiger partial charge in [0, 0.05) is 12.7 Å². The van der Waals surface area contributed by atoms with E-state index in [4.69, 9.17) is 11.1 Å². The van der Waals surface area contributed by atoms with Gasteiger partial charge < -0.3 is 5.73 Å². The highest BCUT2D eigenvalue weighted by Gasteiger charge is 2.11. The maximum absolute atomic E-state index is 11.5. The molecule has 9 heteroatoms. The molecule has 0 aliphatic heterocycles. The normalized spacial score (nSPS) is 10.6. The molecule has 0 fully saturated rings. The van der Waals surface area contributed by atoms with Crippen LogP contribution in [0, 0.1) is 5.41 Å². The number of aromatic nitrogens is 5. The lowest BCUT2D eigenvalue weighted by atomic mass is 10.4. The van der Waals surface area contributed by atoms with Gasteiger partial charge in [0.2, 0.25) is 0 Å². The number of aromatic amines is 1. The first-order chi connectivity index (χ1) is 9.11. The highest BCUT2D eigenvalue weighted by Crippen LogP contribution is 2.21. The van der Waals surface area contributed by atoms with Gasteiger partial charge in [0.15, 0.2) is 10.3 Å². The summed E-state index contributed by atoms with van der Waals surface area (Å²) < 4.78 is 1.52. The van der Waals surface area contributed by atoms with E-state index in [1.165, 1.54) is 10.8 Å². The van der Waals surface area contributed by atoms with E-state index >= 15 is 0 Å². The molecule has 0 saturated heterocycles. The first-order valence-electron chi connectivity index (χ1n) is 5.62. The van der Waals surface area contributed by atoms with Crippen molar-refractivity contribution in [3.05, 3.63) is 28.4 Å². The highest BCUT2D eigenvalue weighted by molar-refractivity contribution is 7.99. The molecular formula is C10H13N7OS. The van der Waals surface area contributed by atoms with Crippen molar-refractivity contribution in [1.82, 2.24) is 24.7 Å². The summed E-state index contributed by atoms with van der Waals surface area (Å²) in [5, 5.41) is 14.5. The molecule has 100 valence electrons. The van der Waals surface area contributed by atoms with Gasteiger partial charge in [-0.2, -0.15) is 0 Å². The molecule has 0 amide bonds. The maximum atomic E-state index is 11.5. The lowest BCUT2D eigenvalue weighted by Gasteiger charge is -2.03. The minimum Gasteiger partial charge on any atom is -0.382 e. The van der Waals surface area contributed by atoms with Crippen molar-refractivity contribution in [2.24, 2.45) is 5.73 Å². The average Bonchev–Trinajstić information content (AvgIpc) is 2.72. The van der Waals surface area contributed by atoms with Crippen molar-refractivity contribution in [2.75, 3.05) is 0 Å². The smallest absolute Gasteiger partial charge is 0.343 e. The predicted octanol–water partition coefficient (Wildman–Crippen LogP) is 0.207. The molecule has 2 heterocycles. The van der Waals surface area contributed by atoms with E-state index < -0.39 is 0 Å². The summed E-state index contributed by atoms with van der Waals surface area (Å²) in [5.74, 6) is -0.128. The van der Waals surface area contributed by atoms with Gasteiger partial charge in [-0.05, 0) is 24.2 Å². The number of nitrogen functional groups attached to an aromatic ring is 1. The zero-order chi connectivity index (χ0) is 13.8. The van der Waals surface area contributed by atoms with Crippen molar-refractivity contribution in [3.8, 4) is 0 Å². The van der Waals surface area contributed by atoms with Crippen LogP contribution in [0.25, 0.3) is 0 Å². The van der Waals surface area contributed by atoms with Crippen LogP contribution in [0.4, 0.5) is 0 Å². The van der Waals surface area contributed by atoms with Gasteiger partial charge in [-0.1, -0.05) is 6.92 Å². The Hall–Kier alpha value is -2.16. The van der Waals surface area contributed by atoms with Crippen LogP contribution in [0.2, 0.25) is 0 Å². The second-order valence-electron chi connectivity index (χ2n) is 3.70. The SMILES string of the molecule is CCCn1c(Sc2nccc(C(=N)N)n2)n[nH]c1=O. The predicted molar refractivity (Wildman–Crippen MR) is 70.3 cm³/mol. The number of amidine groups is 1. The number of nitrogens with two attached hydrogens (primary N) is 1. The van der Waals surface area contributed by atoms with Crippen molar-refractivity contribution in [3.63, 3.8) is 0 Å². The maximum Gasteiger partial charge on any atom is 0.343 e. The molecule has 19 heavy (non-hydrogen) atoms. The standard InChI is InChI=1S/C10H13N7OS/c1-2-5-17-9(18)15-16-10(17)19-8-13-4-3-6(14-8)7(11)12/h3-4H,2,5H2,1H3,(H3,11,12)(H,15,18). The van der Waals surface area contributed by atoms with E-state index in [0.717, 1.165) is 18.2 Å². The molecule has 0 unspecified atom stereocenters. The number of hydrogen-bond acceptors (Lipinski definition) is 6. The Labute approximate surface area is 113 Å².